The zero-order valence-corrected chi connectivity index (χ0v) is 9.98. The molecule has 0 aromatic rings. The number of ether oxygens (including phenoxy) is 1. The Hall–Kier alpha value is -0.0800. The fraction of sp³-hybridized carbons (Fsp3) is 1.00. The van der Waals surface area contributed by atoms with E-state index >= 15 is 0 Å². The van der Waals surface area contributed by atoms with E-state index < -0.39 is 0 Å². The molecule has 2 rings (SSSR count). The maximum atomic E-state index is 10.1. The molecule has 0 aromatic carbocycles. The van der Waals surface area contributed by atoms with Crippen LogP contribution in [0.15, 0.2) is 0 Å². The summed E-state index contributed by atoms with van der Waals surface area (Å²) >= 11 is 0. The molecule has 15 heavy (non-hydrogen) atoms. The molecule has 1 saturated carbocycles. The van der Waals surface area contributed by atoms with Gasteiger partial charge in [0.05, 0.1) is 18.8 Å². The van der Waals surface area contributed by atoms with Crippen LogP contribution >= 0.6 is 0 Å². The van der Waals surface area contributed by atoms with Gasteiger partial charge in [0.15, 0.2) is 0 Å². The van der Waals surface area contributed by atoms with Gasteiger partial charge in [0.2, 0.25) is 0 Å². The van der Waals surface area contributed by atoms with E-state index in [0.717, 1.165) is 18.9 Å². The fourth-order valence-corrected chi connectivity index (χ4v) is 2.81. The molecule has 1 saturated heterocycles. The van der Waals surface area contributed by atoms with Crippen molar-refractivity contribution in [3.05, 3.63) is 0 Å². The van der Waals surface area contributed by atoms with Crippen LogP contribution in [0.5, 0.6) is 0 Å². The van der Waals surface area contributed by atoms with Crippen LogP contribution in [0.3, 0.4) is 0 Å². The summed E-state index contributed by atoms with van der Waals surface area (Å²) < 4.78 is 5.77. The van der Waals surface area contributed by atoms with Gasteiger partial charge in [0.1, 0.15) is 0 Å². The summed E-state index contributed by atoms with van der Waals surface area (Å²) in [4.78, 5) is 0. The molecule has 1 unspecified atom stereocenters. The average Bonchev–Trinajstić information content (AvgIpc) is 2.93. The normalized spacial score (nSPS) is 38.2. The van der Waals surface area contributed by atoms with Crippen molar-refractivity contribution in [3.63, 3.8) is 0 Å². The van der Waals surface area contributed by atoms with Gasteiger partial charge in [-0.05, 0) is 30.6 Å². The van der Waals surface area contributed by atoms with Crippen LogP contribution in [-0.2, 0) is 4.74 Å². The highest BCUT2D eigenvalue weighted by Gasteiger charge is 2.39. The van der Waals surface area contributed by atoms with E-state index in [1.807, 2.05) is 0 Å². The number of aliphatic hydroxyl groups excluding tert-OH is 1. The fourth-order valence-electron chi connectivity index (χ4n) is 2.81. The third-order valence-electron chi connectivity index (χ3n) is 4.07. The summed E-state index contributed by atoms with van der Waals surface area (Å²) in [7, 11) is 0. The van der Waals surface area contributed by atoms with Crippen LogP contribution in [-0.4, -0.2) is 23.9 Å². The molecule has 1 aliphatic heterocycles. The van der Waals surface area contributed by atoms with Crippen LogP contribution in [0, 0.1) is 17.8 Å². The van der Waals surface area contributed by atoms with E-state index in [1.165, 1.54) is 25.7 Å². The van der Waals surface area contributed by atoms with Crippen LogP contribution in [0.25, 0.3) is 0 Å². The van der Waals surface area contributed by atoms with E-state index in [1.54, 1.807) is 0 Å². The Kier molecular flexibility index (Phi) is 3.68. The smallest absolute Gasteiger partial charge is 0.0863 e. The molecule has 1 heterocycles. The molecule has 0 aromatic heterocycles. The first kappa shape index (κ1) is 11.4. The first-order valence-corrected chi connectivity index (χ1v) is 6.52. The zero-order chi connectivity index (χ0) is 10.8. The molecule has 0 amide bonds. The van der Waals surface area contributed by atoms with E-state index in [4.69, 9.17) is 4.74 Å². The minimum absolute atomic E-state index is 0.113. The first-order chi connectivity index (χ1) is 7.22. The number of hydrogen-bond donors (Lipinski definition) is 1. The van der Waals surface area contributed by atoms with E-state index in [-0.39, 0.29) is 12.2 Å². The van der Waals surface area contributed by atoms with Crippen LogP contribution in [0.2, 0.25) is 0 Å². The van der Waals surface area contributed by atoms with Crippen molar-refractivity contribution in [1.82, 2.24) is 0 Å². The van der Waals surface area contributed by atoms with E-state index in [2.05, 4.69) is 13.8 Å². The second-order valence-electron chi connectivity index (χ2n) is 5.45. The van der Waals surface area contributed by atoms with Gasteiger partial charge in [-0.3, -0.25) is 0 Å². The second-order valence-corrected chi connectivity index (χ2v) is 5.45. The maximum Gasteiger partial charge on any atom is 0.0863 e. The molecule has 2 heteroatoms. The molecule has 1 N–H and O–H groups in total. The number of hydrogen-bond acceptors (Lipinski definition) is 2. The molecule has 88 valence electrons. The van der Waals surface area contributed by atoms with Gasteiger partial charge in [-0.15, -0.1) is 0 Å². The Balaban J connectivity index is 1.81. The average molecular weight is 212 g/mol. The van der Waals surface area contributed by atoms with Gasteiger partial charge in [0, 0.05) is 0 Å². The topological polar surface area (TPSA) is 29.5 Å². The predicted octanol–water partition coefficient (Wildman–Crippen LogP) is 2.60. The van der Waals surface area contributed by atoms with Crippen molar-refractivity contribution in [2.45, 2.75) is 58.2 Å². The molecule has 0 spiro atoms. The molecule has 0 radical (unpaired) electrons. The molecular weight excluding hydrogens is 188 g/mol. The van der Waals surface area contributed by atoms with Crippen molar-refractivity contribution in [2.75, 3.05) is 6.61 Å². The number of aliphatic hydroxyl groups is 1. The summed E-state index contributed by atoms with van der Waals surface area (Å²) in [5.41, 5.74) is 0. The quantitative estimate of drug-likeness (QED) is 0.759. The van der Waals surface area contributed by atoms with Gasteiger partial charge < -0.3 is 9.84 Å². The molecule has 2 aliphatic rings. The third kappa shape index (κ3) is 2.73. The summed E-state index contributed by atoms with van der Waals surface area (Å²) in [6, 6.07) is 0. The van der Waals surface area contributed by atoms with Crippen molar-refractivity contribution in [3.8, 4) is 0 Å². The lowest BCUT2D eigenvalue weighted by Gasteiger charge is -2.23. The van der Waals surface area contributed by atoms with Gasteiger partial charge in [-0.25, -0.2) is 0 Å². The standard InChI is InChI=1S/C13H24O2/c1-3-4-11-8-15-13(9(11)2)12(14)7-10-5-6-10/h9-14H,3-8H2,1-2H3/t9-,11-,12?,13+/m1/s1. The largest absolute Gasteiger partial charge is 0.390 e. The lowest BCUT2D eigenvalue weighted by molar-refractivity contribution is -0.0224. The molecule has 2 fully saturated rings. The molecule has 2 nitrogen and oxygen atoms in total. The van der Waals surface area contributed by atoms with E-state index in [9.17, 15) is 5.11 Å². The molecule has 1 aliphatic carbocycles. The van der Waals surface area contributed by atoms with Gasteiger partial charge >= 0.3 is 0 Å². The minimum Gasteiger partial charge on any atom is -0.390 e. The van der Waals surface area contributed by atoms with Crippen molar-refractivity contribution in [2.24, 2.45) is 17.8 Å². The summed E-state index contributed by atoms with van der Waals surface area (Å²) in [6.07, 6.45) is 5.97. The minimum atomic E-state index is -0.214. The summed E-state index contributed by atoms with van der Waals surface area (Å²) in [5, 5.41) is 10.1. The van der Waals surface area contributed by atoms with Crippen molar-refractivity contribution >= 4 is 0 Å². The molecule has 0 bridgehead atoms. The van der Waals surface area contributed by atoms with Gasteiger partial charge in [-0.2, -0.15) is 0 Å². The Bertz CT molecular complexity index is 201. The monoisotopic (exact) mass is 212 g/mol. The summed E-state index contributed by atoms with van der Waals surface area (Å²) in [5.74, 6) is 2.01. The Morgan fingerprint density at radius 1 is 1.40 bits per heavy atom. The van der Waals surface area contributed by atoms with E-state index in [0.29, 0.717) is 11.8 Å². The highest BCUT2D eigenvalue weighted by atomic mass is 16.5. The Morgan fingerprint density at radius 3 is 2.73 bits per heavy atom. The van der Waals surface area contributed by atoms with Crippen LogP contribution in [0.1, 0.15) is 46.0 Å². The lowest BCUT2D eigenvalue weighted by atomic mass is 9.86. The maximum absolute atomic E-state index is 10.1. The van der Waals surface area contributed by atoms with Gasteiger partial charge in [0.25, 0.3) is 0 Å². The molecule has 4 atom stereocenters. The second kappa shape index (κ2) is 4.84. The van der Waals surface area contributed by atoms with Crippen molar-refractivity contribution < 1.29 is 9.84 Å². The lowest BCUT2D eigenvalue weighted by Crippen LogP contribution is -2.31. The highest BCUT2D eigenvalue weighted by Crippen LogP contribution is 2.38. The first-order valence-electron chi connectivity index (χ1n) is 6.52. The Labute approximate surface area is 93.0 Å². The Morgan fingerprint density at radius 2 is 2.13 bits per heavy atom. The molecular formula is C13H24O2. The van der Waals surface area contributed by atoms with Crippen molar-refractivity contribution in [1.29, 1.82) is 0 Å². The SMILES string of the molecule is CCC[C@@H]1CO[C@H](C(O)CC2CC2)[C@@H]1C. The summed E-state index contributed by atoms with van der Waals surface area (Å²) in [6.45, 7) is 5.33. The van der Waals surface area contributed by atoms with Gasteiger partial charge in [-0.1, -0.05) is 33.1 Å². The van der Waals surface area contributed by atoms with Crippen LogP contribution < -0.4 is 0 Å². The predicted molar refractivity (Wildman–Crippen MR) is 60.6 cm³/mol. The van der Waals surface area contributed by atoms with Crippen LogP contribution in [0.4, 0.5) is 0 Å². The highest BCUT2D eigenvalue weighted by molar-refractivity contribution is 4.88. The number of rotatable bonds is 5. The third-order valence-corrected chi connectivity index (χ3v) is 4.07. The zero-order valence-electron chi connectivity index (χ0n) is 9.98.